The van der Waals surface area contributed by atoms with Crippen LogP contribution < -0.4 is 25.9 Å². The third-order valence-electron chi connectivity index (χ3n) is 19.9. The van der Waals surface area contributed by atoms with Gasteiger partial charge in [0.15, 0.2) is 11.6 Å². The molecular weight excluding hydrogens is 1520 g/mol. The van der Waals surface area contributed by atoms with Crippen molar-refractivity contribution in [3.8, 4) is 45.7 Å². The number of methoxy groups -OCH3 is 1. The molecular formula is C96H97N17O8. The molecule has 10 heterocycles. The van der Waals surface area contributed by atoms with Crippen LogP contribution in [0.4, 0.5) is 23.3 Å². The average Bonchev–Trinajstić information content (AvgIpc) is 1.78. The number of ketones is 1. The monoisotopic (exact) mass is 1620 g/mol. The van der Waals surface area contributed by atoms with Crippen molar-refractivity contribution in [3.05, 3.63) is 324 Å². The topological polar surface area (TPSA) is 325 Å². The van der Waals surface area contributed by atoms with Crippen LogP contribution >= 0.6 is 0 Å². The van der Waals surface area contributed by atoms with Crippen LogP contribution in [0.1, 0.15) is 98.1 Å². The number of ether oxygens (including phenoxy) is 1. The number of carbonyl (C=O) groups is 4. The molecule has 25 nitrogen and oxygen atoms in total. The first kappa shape index (κ1) is 85.8. The van der Waals surface area contributed by atoms with Crippen molar-refractivity contribution in [1.29, 1.82) is 0 Å². The number of Topliss-reactive ketones (excluding diaryl/α,β-unsaturated/α-hetero) is 1. The Hall–Kier alpha value is -14.6. The predicted octanol–water partition coefficient (Wildman–Crippen LogP) is 15.8. The van der Waals surface area contributed by atoms with Gasteiger partial charge in [-0.3, -0.25) is 39.9 Å². The SMILES string of the molecule is CC(=O)CCCc1cc(N2CCc3ccccc3CC2)nc(-c2ccccn2)n1.CN(C)CCCNC(=O)c1ccc(-c2cc(O)c3ncccc3c2)cc1.COC(=O)CCNc1cc(N2CCc3ccccc3CC2)nc(-c2ccccn2)n1.Cc1ccc(N/N=C(\c2ccccc2)c2ccccn2)nc1.O=C(O)c1ccc(O)c2ncccc12. The van der Waals surface area contributed by atoms with Crippen LogP contribution in [0, 0.1) is 6.92 Å². The number of hydrogen-bond donors (Lipinski definition) is 6. The number of carbonyl (C=O) groups excluding carboxylic acids is 3. The summed E-state index contributed by atoms with van der Waals surface area (Å²) in [5.41, 5.74) is 18.3. The van der Waals surface area contributed by atoms with Gasteiger partial charge in [-0.05, 0) is 209 Å². The molecule has 0 spiro atoms. The van der Waals surface area contributed by atoms with Crippen molar-refractivity contribution >= 4 is 74.4 Å². The second-order valence-electron chi connectivity index (χ2n) is 29.0. The van der Waals surface area contributed by atoms with Gasteiger partial charge >= 0.3 is 11.9 Å². The lowest BCUT2D eigenvalue weighted by Gasteiger charge is -2.22. The maximum Gasteiger partial charge on any atom is 0.336 e. The number of carboxylic acids is 1. The molecule has 8 aromatic heterocycles. The maximum atomic E-state index is 12.2. The van der Waals surface area contributed by atoms with E-state index in [0.29, 0.717) is 70.5 Å². The maximum absolute atomic E-state index is 12.2. The fourth-order valence-electron chi connectivity index (χ4n) is 13.6. The Balaban J connectivity index is 0.000000141. The first-order chi connectivity index (χ1) is 59.0. The predicted molar refractivity (Wildman–Crippen MR) is 475 cm³/mol. The van der Waals surface area contributed by atoms with E-state index in [1.165, 1.54) is 47.7 Å². The Morgan fingerprint density at radius 3 is 1.68 bits per heavy atom. The summed E-state index contributed by atoms with van der Waals surface area (Å²) < 4.78 is 4.71. The minimum Gasteiger partial charge on any atom is -0.506 e. The number of aryl methyl sites for hydroxylation is 2. The minimum atomic E-state index is -1.02. The Bertz CT molecular complexity index is 5700. The molecule has 1 amide bonds. The average molecular weight is 1620 g/mol. The number of hydrazone groups is 1. The molecule has 0 atom stereocenters. The van der Waals surface area contributed by atoms with Crippen molar-refractivity contribution in [2.24, 2.45) is 5.10 Å². The molecule has 121 heavy (non-hydrogen) atoms. The van der Waals surface area contributed by atoms with Crippen molar-refractivity contribution in [2.45, 2.75) is 71.6 Å². The molecule has 0 bridgehead atoms. The van der Waals surface area contributed by atoms with Crippen LogP contribution in [0.25, 0.3) is 56.0 Å². The summed E-state index contributed by atoms with van der Waals surface area (Å²) in [7, 11) is 5.42. The van der Waals surface area contributed by atoms with E-state index in [2.05, 4.69) is 125 Å². The molecule has 0 unspecified atom stereocenters. The molecule has 0 fully saturated rings. The summed E-state index contributed by atoms with van der Waals surface area (Å²) in [5.74, 6) is 3.42. The molecule has 6 N–H and O–H groups in total. The Morgan fingerprint density at radius 2 is 1.10 bits per heavy atom. The lowest BCUT2D eigenvalue weighted by Crippen LogP contribution is -2.27. The molecule has 2 aliphatic rings. The van der Waals surface area contributed by atoms with Crippen LogP contribution in [0.3, 0.4) is 0 Å². The van der Waals surface area contributed by atoms with Gasteiger partial charge in [0.25, 0.3) is 5.91 Å². The molecule has 14 aromatic rings. The van der Waals surface area contributed by atoms with Crippen molar-refractivity contribution in [2.75, 3.05) is 87.6 Å². The zero-order valence-corrected chi connectivity index (χ0v) is 68.4. The summed E-state index contributed by atoms with van der Waals surface area (Å²) in [6.45, 7) is 9.32. The largest absolute Gasteiger partial charge is 0.506 e. The molecule has 0 aliphatic carbocycles. The van der Waals surface area contributed by atoms with Gasteiger partial charge in [0.2, 0.25) is 0 Å². The quantitative estimate of drug-likeness (QED) is 0.0150. The van der Waals surface area contributed by atoms with Crippen molar-refractivity contribution in [3.63, 3.8) is 0 Å². The number of benzene rings is 6. The number of pyridine rings is 6. The molecule has 0 saturated heterocycles. The summed E-state index contributed by atoms with van der Waals surface area (Å²) >= 11 is 0. The van der Waals surface area contributed by atoms with E-state index in [9.17, 15) is 29.4 Å². The third kappa shape index (κ3) is 25.0. The second kappa shape index (κ2) is 43.6. The lowest BCUT2D eigenvalue weighted by atomic mass is 10.0. The number of amides is 1. The highest BCUT2D eigenvalue weighted by atomic mass is 16.5. The Kier molecular flexibility index (Phi) is 30.9. The highest BCUT2D eigenvalue weighted by Gasteiger charge is 2.22. The fourth-order valence-corrected chi connectivity index (χ4v) is 13.6. The number of aromatic carboxylic acids is 1. The van der Waals surface area contributed by atoms with Gasteiger partial charge < -0.3 is 50.2 Å². The smallest absolute Gasteiger partial charge is 0.336 e. The number of hydrogen-bond acceptors (Lipinski definition) is 23. The van der Waals surface area contributed by atoms with Crippen LogP contribution in [-0.2, 0) is 46.4 Å². The van der Waals surface area contributed by atoms with Gasteiger partial charge in [-0.2, -0.15) is 5.10 Å². The molecule has 0 saturated carbocycles. The van der Waals surface area contributed by atoms with E-state index in [4.69, 9.17) is 24.8 Å². The zero-order chi connectivity index (χ0) is 84.7. The Morgan fingerprint density at radius 1 is 0.512 bits per heavy atom. The van der Waals surface area contributed by atoms with Crippen LogP contribution in [0.2, 0.25) is 0 Å². The highest BCUT2D eigenvalue weighted by molar-refractivity contribution is 6.12. The van der Waals surface area contributed by atoms with E-state index >= 15 is 0 Å². The van der Waals surface area contributed by atoms with Gasteiger partial charge in [-0.1, -0.05) is 127 Å². The second-order valence-corrected chi connectivity index (χ2v) is 29.0. The number of anilines is 4. The number of phenolic OH excluding ortho intramolecular Hbond substituents is 2. The zero-order valence-electron chi connectivity index (χ0n) is 68.4. The number of phenols is 2. The molecule has 0 radical (unpaired) electrons. The van der Waals surface area contributed by atoms with Gasteiger partial charge in [0.1, 0.15) is 68.7 Å². The highest BCUT2D eigenvalue weighted by Crippen LogP contribution is 2.32. The van der Waals surface area contributed by atoms with Crippen LogP contribution in [-0.4, -0.2) is 166 Å². The number of esters is 1. The van der Waals surface area contributed by atoms with Gasteiger partial charge in [-0.15, -0.1) is 0 Å². The van der Waals surface area contributed by atoms with E-state index in [-0.39, 0.29) is 41.1 Å². The first-order valence-corrected chi connectivity index (χ1v) is 40.2. The van der Waals surface area contributed by atoms with Crippen molar-refractivity contribution in [1.82, 2.24) is 60.1 Å². The van der Waals surface area contributed by atoms with Gasteiger partial charge in [0, 0.05) is 123 Å². The minimum absolute atomic E-state index is 0.00870. The summed E-state index contributed by atoms with van der Waals surface area (Å²) in [5, 5.41) is 40.5. The number of carboxylic acid groups (broad SMARTS) is 1. The van der Waals surface area contributed by atoms with Crippen LogP contribution in [0.15, 0.2) is 273 Å². The molecule has 614 valence electrons. The number of fused-ring (bicyclic) bond motifs is 4. The Labute approximate surface area is 703 Å². The lowest BCUT2D eigenvalue weighted by molar-refractivity contribution is -0.140. The molecule has 16 rings (SSSR count). The number of nitrogens with one attached hydrogen (secondary N) is 3. The standard InChI is InChI=1S/C24H26N4O.C23H25N5O2.C21H23N3O2.C18H16N4.C10H7NO3/c1-18(29)7-6-10-21-17-23(27-24(26-21)22-11-4-5-14-25-22)28-15-12-19-8-2-3-9-20(19)13-16-28;1-30-22(29)9-13-25-20-16-21(27-23(26-20)19-8-4-5-12-24-19)28-14-10-17-6-2-3-7-18(17)11-15-28;1-24(2)12-4-11-23-21(26)16-8-6-15(7-9-16)18-13-17-5-3-10-22-20(17)19(25)14-18;1-14-10-11-17(20-13-14)21-22-18(15-7-3-2-4-8-15)16-9-5-6-12-19-16;12-8-4-3-7(10(13)14)6-2-1-5-11-9(6)8/h2-5,8-9,11,14,17H,6-7,10,12-13,15-16H2,1H3;2-8,12,16H,9-11,13-15H2,1H3,(H,25,26,27);3,5-10,13-14,25H,4,11-12H2,1-2H3,(H,23,26);2-13H,1H3,(H,20,21);1-5,12H,(H,13,14)/b;;;22-18+;. The number of aromatic nitrogens is 10. The van der Waals surface area contributed by atoms with Gasteiger partial charge in [-0.25, -0.2) is 29.7 Å². The van der Waals surface area contributed by atoms with Crippen LogP contribution in [0.5, 0.6) is 11.5 Å². The van der Waals surface area contributed by atoms with E-state index in [1.54, 1.807) is 68.2 Å². The summed E-state index contributed by atoms with van der Waals surface area (Å²) in [6.07, 6.45) is 17.6. The van der Waals surface area contributed by atoms with Crippen molar-refractivity contribution < 1.29 is 39.2 Å². The third-order valence-corrected chi connectivity index (χ3v) is 19.9. The number of aromatic hydroxyl groups is 2. The van der Waals surface area contributed by atoms with Gasteiger partial charge in [0.05, 0.1) is 24.8 Å². The van der Waals surface area contributed by atoms with E-state index in [1.807, 2.05) is 154 Å². The normalized spacial score (nSPS) is 12.2. The fraction of sp³-hybridized carbons (Fsp3) is 0.219. The number of nitrogens with zero attached hydrogens (tertiary/aromatic N) is 14. The summed E-state index contributed by atoms with van der Waals surface area (Å²) in [4.78, 5) is 97.2. The molecule has 6 aromatic carbocycles. The number of rotatable bonds is 23. The molecule has 25 heteroatoms. The molecule has 2 aliphatic heterocycles. The first-order valence-electron chi connectivity index (χ1n) is 40.2. The van der Waals surface area contributed by atoms with E-state index in [0.717, 1.165) is 140 Å². The summed E-state index contributed by atoms with van der Waals surface area (Å²) in [6, 6.07) is 73.3. The van der Waals surface area contributed by atoms with E-state index < -0.39 is 5.97 Å².